The largest absolute Gasteiger partial charge is 0.323 e. The van der Waals surface area contributed by atoms with Crippen LogP contribution in [0, 0.1) is 0 Å². The minimum Gasteiger partial charge on any atom is -0.323 e. The molecule has 0 bridgehead atoms. The lowest BCUT2D eigenvalue weighted by molar-refractivity contribution is 0.596. The number of hydrogen-bond donors (Lipinski definition) is 1. The zero-order chi connectivity index (χ0) is 10.8. The van der Waals surface area contributed by atoms with Gasteiger partial charge in [0, 0.05) is 12.2 Å². The number of hydrogen-bond acceptors (Lipinski definition) is 4. The first-order valence-electron chi connectivity index (χ1n) is 4.41. The molecule has 0 amide bonds. The van der Waals surface area contributed by atoms with E-state index in [0.29, 0.717) is 5.69 Å². The van der Waals surface area contributed by atoms with Crippen molar-refractivity contribution in [2.45, 2.75) is 24.8 Å². The molecular weight excluding hydrogens is 200 g/mol. The lowest BCUT2D eigenvalue weighted by atomic mass is 10.2. The first-order chi connectivity index (χ1) is 6.47. The second-order valence-electron chi connectivity index (χ2n) is 3.11. The Hall–Kier alpha value is -0.940. The molecule has 2 N–H and O–H groups in total. The van der Waals surface area contributed by atoms with Crippen molar-refractivity contribution in [1.29, 1.82) is 0 Å². The highest BCUT2D eigenvalue weighted by Gasteiger charge is 2.12. The Bertz CT molecular complexity index is 395. The minimum atomic E-state index is -3.14. The van der Waals surface area contributed by atoms with Crippen molar-refractivity contribution in [1.82, 2.24) is 4.98 Å². The average molecular weight is 214 g/mol. The van der Waals surface area contributed by atoms with Crippen LogP contribution in [0.1, 0.15) is 25.6 Å². The Kier molecular flexibility index (Phi) is 3.23. The predicted molar refractivity (Wildman–Crippen MR) is 54.6 cm³/mol. The molecule has 0 spiro atoms. The maximum absolute atomic E-state index is 11.4. The molecule has 5 heteroatoms. The third-order valence-corrected chi connectivity index (χ3v) is 3.68. The van der Waals surface area contributed by atoms with Crippen LogP contribution >= 0.6 is 0 Å². The zero-order valence-electron chi connectivity index (χ0n) is 8.27. The molecule has 0 fully saturated rings. The van der Waals surface area contributed by atoms with E-state index < -0.39 is 9.84 Å². The van der Waals surface area contributed by atoms with Gasteiger partial charge in [-0.2, -0.15) is 0 Å². The van der Waals surface area contributed by atoms with Crippen molar-refractivity contribution >= 4 is 9.84 Å². The fraction of sp³-hybridized carbons (Fsp3) is 0.444. The summed E-state index contributed by atoms with van der Waals surface area (Å²) in [5.41, 5.74) is 6.29. The highest BCUT2D eigenvalue weighted by molar-refractivity contribution is 7.91. The highest BCUT2D eigenvalue weighted by Crippen LogP contribution is 2.12. The summed E-state index contributed by atoms with van der Waals surface area (Å²) in [4.78, 5) is 4.24. The van der Waals surface area contributed by atoms with E-state index >= 15 is 0 Å². The van der Waals surface area contributed by atoms with Crippen molar-refractivity contribution in [2.75, 3.05) is 5.75 Å². The molecule has 0 aliphatic heterocycles. The Balaban J connectivity index is 3.06. The van der Waals surface area contributed by atoms with Gasteiger partial charge in [0.05, 0.1) is 16.3 Å². The first kappa shape index (κ1) is 11.1. The van der Waals surface area contributed by atoms with E-state index in [1.165, 1.54) is 6.20 Å². The van der Waals surface area contributed by atoms with Gasteiger partial charge in [-0.3, -0.25) is 4.98 Å². The number of rotatable bonds is 3. The summed E-state index contributed by atoms with van der Waals surface area (Å²) in [6.45, 7) is 3.41. The van der Waals surface area contributed by atoms with Crippen LogP contribution in [0.5, 0.6) is 0 Å². The number of nitrogens with two attached hydrogens (primary N) is 1. The van der Waals surface area contributed by atoms with E-state index in [1.807, 2.05) is 0 Å². The SMILES string of the molecule is CCS(=O)(=O)c1ccc([C@@H](C)N)nc1. The monoisotopic (exact) mass is 214 g/mol. The topological polar surface area (TPSA) is 73.0 Å². The smallest absolute Gasteiger partial charge is 0.179 e. The zero-order valence-corrected chi connectivity index (χ0v) is 9.08. The van der Waals surface area contributed by atoms with Crippen molar-refractivity contribution in [3.05, 3.63) is 24.0 Å². The molecule has 1 heterocycles. The maximum Gasteiger partial charge on any atom is 0.179 e. The van der Waals surface area contributed by atoms with Gasteiger partial charge in [0.2, 0.25) is 0 Å². The Labute approximate surface area is 84.1 Å². The average Bonchev–Trinajstić information content (AvgIpc) is 2.18. The number of aromatic nitrogens is 1. The highest BCUT2D eigenvalue weighted by atomic mass is 32.2. The molecule has 0 aromatic carbocycles. The Morgan fingerprint density at radius 1 is 1.50 bits per heavy atom. The van der Waals surface area contributed by atoms with E-state index in [9.17, 15) is 8.42 Å². The second kappa shape index (κ2) is 4.06. The normalized spacial score (nSPS) is 13.9. The van der Waals surface area contributed by atoms with Gasteiger partial charge in [-0.05, 0) is 19.1 Å². The fourth-order valence-electron chi connectivity index (χ4n) is 1.01. The summed E-state index contributed by atoms with van der Waals surface area (Å²) >= 11 is 0. The summed E-state index contributed by atoms with van der Waals surface area (Å²) in [7, 11) is -3.14. The second-order valence-corrected chi connectivity index (χ2v) is 5.39. The van der Waals surface area contributed by atoms with Crippen LogP contribution in [-0.2, 0) is 9.84 Å². The van der Waals surface area contributed by atoms with Gasteiger partial charge in [0.15, 0.2) is 9.84 Å². The van der Waals surface area contributed by atoms with Crippen molar-refractivity contribution in [2.24, 2.45) is 5.73 Å². The van der Waals surface area contributed by atoms with E-state index in [4.69, 9.17) is 5.73 Å². The lowest BCUT2D eigenvalue weighted by Gasteiger charge is -2.05. The van der Waals surface area contributed by atoms with Gasteiger partial charge in [-0.25, -0.2) is 8.42 Å². The Morgan fingerprint density at radius 3 is 2.50 bits per heavy atom. The molecule has 0 radical (unpaired) electrons. The predicted octanol–water partition coefficient (Wildman–Crippen LogP) is 0.895. The van der Waals surface area contributed by atoms with Crippen molar-refractivity contribution in [3.63, 3.8) is 0 Å². The molecule has 1 atom stereocenters. The molecule has 0 saturated carbocycles. The van der Waals surface area contributed by atoms with E-state index in [-0.39, 0.29) is 16.7 Å². The van der Waals surface area contributed by atoms with Crippen LogP contribution < -0.4 is 5.73 Å². The molecule has 0 unspecified atom stereocenters. The van der Waals surface area contributed by atoms with Crippen LogP contribution in [-0.4, -0.2) is 19.2 Å². The summed E-state index contributed by atoms with van der Waals surface area (Å²) < 4.78 is 22.8. The molecule has 0 aliphatic carbocycles. The summed E-state index contributed by atoms with van der Waals surface area (Å²) in [6.07, 6.45) is 1.36. The molecular formula is C9H14N2O2S. The maximum atomic E-state index is 11.4. The van der Waals surface area contributed by atoms with Crippen LogP contribution in [0.25, 0.3) is 0 Å². The van der Waals surface area contributed by atoms with Gasteiger partial charge in [0.25, 0.3) is 0 Å². The van der Waals surface area contributed by atoms with Gasteiger partial charge in [-0.1, -0.05) is 6.92 Å². The number of sulfone groups is 1. The minimum absolute atomic E-state index is 0.0895. The van der Waals surface area contributed by atoms with E-state index in [1.54, 1.807) is 26.0 Å². The lowest BCUT2D eigenvalue weighted by Crippen LogP contribution is -2.09. The standard InChI is InChI=1S/C9H14N2O2S/c1-3-14(12,13)8-4-5-9(7(2)10)11-6-8/h4-7H,3,10H2,1-2H3/t7-/m1/s1. The van der Waals surface area contributed by atoms with Crippen LogP contribution in [0.2, 0.25) is 0 Å². The molecule has 0 aliphatic rings. The van der Waals surface area contributed by atoms with Gasteiger partial charge in [-0.15, -0.1) is 0 Å². The third kappa shape index (κ3) is 2.30. The number of nitrogens with zero attached hydrogens (tertiary/aromatic N) is 1. The molecule has 1 rings (SSSR count). The molecule has 4 nitrogen and oxygen atoms in total. The summed E-state index contributed by atoms with van der Waals surface area (Å²) in [6, 6.07) is 3.02. The van der Waals surface area contributed by atoms with Crippen LogP contribution in [0.4, 0.5) is 0 Å². The third-order valence-electron chi connectivity index (χ3n) is 1.96. The summed E-state index contributed by atoms with van der Waals surface area (Å²) in [5, 5.41) is 0. The van der Waals surface area contributed by atoms with Crippen molar-refractivity contribution in [3.8, 4) is 0 Å². The molecule has 14 heavy (non-hydrogen) atoms. The molecule has 1 aromatic heterocycles. The van der Waals surface area contributed by atoms with Crippen LogP contribution in [0.3, 0.4) is 0 Å². The quantitative estimate of drug-likeness (QED) is 0.811. The van der Waals surface area contributed by atoms with Gasteiger partial charge >= 0.3 is 0 Å². The fourth-order valence-corrected chi connectivity index (χ4v) is 1.83. The van der Waals surface area contributed by atoms with Crippen molar-refractivity contribution < 1.29 is 8.42 Å². The van der Waals surface area contributed by atoms with E-state index in [2.05, 4.69) is 4.98 Å². The number of pyridine rings is 1. The van der Waals surface area contributed by atoms with Gasteiger partial charge < -0.3 is 5.73 Å². The summed E-state index contributed by atoms with van der Waals surface area (Å²) in [5.74, 6) is 0.0895. The van der Waals surface area contributed by atoms with Gasteiger partial charge in [0.1, 0.15) is 0 Å². The Morgan fingerprint density at radius 2 is 2.14 bits per heavy atom. The molecule has 1 aromatic rings. The van der Waals surface area contributed by atoms with E-state index in [0.717, 1.165) is 0 Å². The first-order valence-corrected chi connectivity index (χ1v) is 6.07. The van der Waals surface area contributed by atoms with Crippen LogP contribution in [0.15, 0.2) is 23.2 Å². The molecule has 78 valence electrons. The molecule has 0 saturated heterocycles.